The zero-order chi connectivity index (χ0) is 23.3. The van der Waals surface area contributed by atoms with Crippen molar-refractivity contribution in [1.29, 1.82) is 0 Å². The van der Waals surface area contributed by atoms with Gasteiger partial charge in [-0.3, -0.25) is 14.6 Å². The van der Waals surface area contributed by atoms with Gasteiger partial charge in [-0.15, -0.1) is 0 Å². The van der Waals surface area contributed by atoms with Crippen molar-refractivity contribution in [1.82, 2.24) is 14.8 Å². The second-order valence-electron chi connectivity index (χ2n) is 9.66. The highest BCUT2D eigenvalue weighted by atomic mass is 16.5. The van der Waals surface area contributed by atoms with E-state index >= 15 is 0 Å². The molecule has 2 aromatic rings. The van der Waals surface area contributed by atoms with Crippen molar-refractivity contribution < 1.29 is 14.3 Å². The molecule has 33 heavy (non-hydrogen) atoms. The summed E-state index contributed by atoms with van der Waals surface area (Å²) in [5.74, 6) is 0.645. The molecule has 0 unspecified atom stereocenters. The van der Waals surface area contributed by atoms with Gasteiger partial charge >= 0.3 is 0 Å². The molecule has 2 aliphatic heterocycles. The van der Waals surface area contributed by atoms with Gasteiger partial charge in [-0.1, -0.05) is 43.3 Å². The first-order valence-electron chi connectivity index (χ1n) is 12.0. The van der Waals surface area contributed by atoms with E-state index in [1.807, 2.05) is 15.9 Å². The Balaban J connectivity index is 1.31. The van der Waals surface area contributed by atoms with E-state index in [0.29, 0.717) is 31.8 Å². The van der Waals surface area contributed by atoms with Gasteiger partial charge in [0.1, 0.15) is 6.61 Å². The van der Waals surface area contributed by atoms with Crippen LogP contribution in [0.15, 0.2) is 48.5 Å². The number of likely N-dealkylation sites (tertiary alicyclic amines) is 2. The maximum atomic E-state index is 13.4. The van der Waals surface area contributed by atoms with Gasteiger partial charge in [0.15, 0.2) is 0 Å². The zero-order valence-electron chi connectivity index (χ0n) is 19.8. The van der Waals surface area contributed by atoms with Crippen LogP contribution in [0.2, 0.25) is 0 Å². The lowest BCUT2D eigenvalue weighted by Crippen LogP contribution is -2.52. The minimum absolute atomic E-state index is 0.00908. The largest absolute Gasteiger partial charge is 0.375 e. The Hall–Kier alpha value is -2.73. The molecular formula is C27H35N3O3. The molecule has 1 aromatic carbocycles. The van der Waals surface area contributed by atoms with Crippen molar-refractivity contribution in [2.45, 2.75) is 44.9 Å². The predicted molar refractivity (Wildman–Crippen MR) is 128 cm³/mol. The molecule has 2 saturated heterocycles. The van der Waals surface area contributed by atoms with E-state index in [4.69, 9.17) is 9.72 Å². The quantitative estimate of drug-likeness (QED) is 0.675. The van der Waals surface area contributed by atoms with E-state index < -0.39 is 0 Å². The molecule has 0 radical (unpaired) electrons. The minimum Gasteiger partial charge on any atom is -0.375 e. The summed E-state index contributed by atoms with van der Waals surface area (Å²) >= 11 is 0. The fourth-order valence-corrected chi connectivity index (χ4v) is 5.07. The lowest BCUT2D eigenvalue weighted by Gasteiger charge is -2.42. The summed E-state index contributed by atoms with van der Waals surface area (Å²) in [4.78, 5) is 34.2. The van der Waals surface area contributed by atoms with Crippen molar-refractivity contribution in [3.63, 3.8) is 0 Å². The van der Waals surface area contributed by atoms with Gasteiger partial charge in [-0.25, -0.2) is 0 Å². The first-order chi connectivity index (χ1) is 16.0. The Morgan fingerprint density at radius 3 is 2.33 bits per heavy atom. The predicted octanol–water partition coefficient (Wildman–Crippen LogP) is 3.65. The number of pyridine rings is 1. The van der Waals surface area contributed by atoms with Gasteiger partial charge in [-0.05, 0) is 43.4 Å². The van der Waals surface area contributed by atoms with Crippen molar-refractivity contribution in [3.05, 3.63) is 65.5 Å². The highest BCUT2D eigenvalue weighted by Crippen LogP contribution is 2.35. The summed E-state index contributed by atoms with van der Waals surface area (Å²) in [7, 11) is 1.54. The van der Waals surface area contributed by atoms with Gasteiger partial charge in [0.25, 0.3) is 0 Å². The second kappa shape index (κ2) is 10.5. The first-order valence-corrected chi connectivity index (χ1v) is 12.0. The first kappa shape index (κ1) is 23.4. The number of amides is 2. The van der Waals surface area contributed by atoms with Crippen molar-refractivity contribution in [2.75, 3.05) is 39.9 Å². The number of methoxy groups -OCH3 is 1. The van der Waals surface area contributed by atoms with Gasteiger partial charge in [0.2, 0.25) is 11.8 Å². The Kier molecular flexibility index (Phi) is 7.43. The smallest absolute Gasteiger partial charge is 0.248 e. The third kappa shape index (κ3) is 5.61. The lowest BCUT2D eigenvalue weighted by molar-refractivity contribution is -0.149. The van der Waals surface area contributed by atoms with Crippen molar-refractivity contribution in [3.8, 4) is 0 Å². The van der Waals surface area contributed by atoms with E-state index in [9.17, 15) is 9.59 Å². The highest BCUT2D eigenvalue weighted by molar-refractivity contribution is 5.83. The molecule has 3 heterocycles. The molecule has 0 N–H and O–H groups in total. The Bertz CT molecular complexity index is 946. The van der Waals surface area contributed by atoms with E-state index in [0.717, 1.165) is 43.7 Å². The van der Waals surface area contributed by atoms with Crippen LogP contribution in [0.4, 0.5) is 0 Å². The number of nitrogens with zero attached hydrogens (tertiary/aromatic N) is 3. The number of aromatic nitrogens is 1. The molecular weight excluding hydrogens is 414 g/mol. The van der Waals surface area contributed by atoms with Gasteiger partial charge in [0, 0.05) is 62.4 Å². The van der Waals surface area contributed by atoms with Crippen LogP contribution in [0.3, 0.4) is 0 Å². The molecule has 6 nitrogen and oxygen atoms in total. The number of hydrogen-bond acceptors (Lipinski definition) is 4. The third-order valence-electron chi connectivity index (χ3n) is 7.26. The van der Waals surface area contributed by atoms with Crippen LogP contribution in [0.25, 0.3) is 0 Å². The maximum absolute atomic E-state index is 13.4. The number of rotatable bonds is 6. The molecule has 4 rings (SSSR count). The monoisotopic (exact) mass is 449 g/mol. The molecule has 2 aliphatic rings. The van der Waals surface area contributed by atoms with Crippen LogP contribution in [-0.4, -0.2) is 66.5 Å². The third-order valence-corrected chi connectivity index (χ3v) is 7.26. The summed E-state index contributed by atoms with van der Waals surface area (Å²) in [5, 5.41) is 0. The van der Waals surface area contributed by atoms with Crippen LogP contribution in [0.1, 0.15) is 55.5 Å². The normalized spacial score (nSPS) is 18.8. The number of carbonyl (C=O) groups is 2. The highest BCUT2D eigenvalue weighted by Gasteiger charge is 2.41. The van der Waals surface area contributed by atoms with E-state index in [1.54, 1.807) is 0 Å². The topological polar surface area (TPSA) is 62.7 Å². The maximum Gasteiger partial charge on any atom is 0.248 e. The molecule has 176 valence electrons. The molecule has 0 spiro atoms. The SMILES string of the molecule is COCC(=O)N1CCC(C)(C(=O)N2CCC(c3cccc(Cc4ccccc4)n3)CC2)CC1. The number of carbonyl (C=O) groups excluding carboxylic acids is 2. The molecule has 0 saturated carbocycles. The van der Waals surface area contributed by atoms with Crippen molar-refractivity contribution in [2.24, 2.45) is 5.41 Å². The zero-order valence-corrected chi connectivity index (χ0v) is 19.8. The molecule has 0 bridgehead atoms. The number of hydrogen-bond donors (Lipinski definition) is 0. The van der Waals surface area contributed by atoms with E-state index in [-0.39, 0.29) is 23.8 Å². The summed E-state index contributed by atoms with van der Waals surface area (Å²) in [6.07, 6.45) is 4.16. The molecule has 2 amide bonds. The standard InChI is InChI=1S/C27H35N3O3/c1-27(13-17-29(18-14-27)25(31)20-33-2)26(32)30-15-11-22(12-16-30)24-10-6-9-23(28-24)19-21-7-4-3-5-8-21/h3-10,22H,11-20H2,1-2H3. The molecule has 0 aliphatic carbocycles. The van der Waals surface area contributed by atoms with Gasteiger partial charge in [-0.2, -0.15) is 0 Å². The Morgan fingerprint density at radius 1 is 0.970 bits per heavy atom. The van der Waals surface area contributed by atoms with Crippen LogP contribution >= 0.6 is 0 Å². The molecule has 0 atom stereocenters. The average molecular weight is 450 g/mol. The fraction of sp³-hybridized carbons (Fsp3) is 0.519. The van der Waals surface area contributed by atoms with Crippen LogP contribution in [-0.2, 0) is 20.7 Å². The number of piperidine rings is 2. The van der Waals surface area contributed by atoms with Crippen molar-refractivity contribution >= 4 is 11.8 Å². The summed E-state index contributed by atoms with van der Waals surface area (Å²) in [6.45, 7) is 4.97. The Morgan fingerprint density at radius 2 is 1.67 bits per heavy atom. The molecule has 1 aromatic heterocycles. The van der Waals surface area contributed by atoms with Crippen LogP contribution in [0, 0.1) is 5.41 Å². The number of benzene rings is 1. The van der Waals surface area contributed by atoms with E-state index in [1.165, 1.54) is 12.7 Å². The summed E-state index contributed by atoms with van der Waals surface area (Å²) < 4.78 is 4.96. The van der Waals surface area contributed by atoms with Crippen LogP contribution < -0.4 is 0 Å². The average Bonchev–Trinajstić information content (AvgIpc) is 2.85. The lowest BCUT2D eigenvalue weighted by atomic mass is 9.78. The van der Waals surface area contributed by atoms with E-state index in [2.05, 4.69) is 49.4 Å². The summed E-state index contributed by atoms with van der Waals surface area (Å²) in [6, 6.07) is 16.8. The van der Waals surface area contributed by atoms with Gasteiger partial charge < -0.3 is 14.5 Å². The van der Waals surface area contributed by atoms with Crippen LogP contribution in [0.5, 0.6) is 0 Å². The number of ether oxygens (including phenoxy) is 1. The molecule has 2 fully saturated rings. The Labute approximate surface area is 196 Å². The molecule has 6 heteroatoms. The summed E-state index contributed by atoms with van der Waals surface area (Å²) in [5.41, 5.74) is 3.13. The fourth-order valence-electron chi connectivity index (χ4n) is 5.07. The second-order valence-corrected chi connectivity index (χ2v) is 9.66. The minimum atomic E-state index is -0.384. The van der Waals surface area contributed by atoms with Gasteiger partial charge in [0.05, 0.1) is 0 Å².